The molecule has 5 aromatic rings. The molecule has 1 aliphatic rings. The first-order chi connectivity index (χ1) is 27.5. The van der Waals surface area contributed by atoms with E-state index < -0.39 is 58.2 Å². The van der Waals surface area contributed by atoms with Gasteiger partial charge in [0.1, 0.15) is 29.3 Å². The quantitative estimate of drug-likeness (QED) is 0.0670. The molecule has 3 aromatic carbocycles. The van der Waals surface area contributed by atoms with Crippen molar-refractivity contribution < 1.29 is 42.2 Å². The predicted octanol–water partition coefficient (Wildman–Crippen LogP) is 6.43. The summed E-state index contributed by atoms with van der Waals surface area (Å²) in [5, 5.41) is 2.31. The van der Waals surface area contributed by atoms with Gasteiger partial charge < -0.3 is 28.3 Å². The van der Waals surface area contributed by atoms with Crippen molar-refractivity contribution >= 4 is 39.6 Å². The van der Waals surface area contributed by atoms with Crippen LogP contribution < -0.4 is 25.2 Å². The number of fused-ring (bicyclic) bond motifs is 1. The minimum absolute atomic E-state index is 0.0327. The van der Waals surface area contributed by atoms with Gasteiger partial charge in [0.2, 0.25) is 11.9 Å². The fraction of sp³-hybridized carbons (Fsp3) is 0.415. The molecule has 1 unspecified atom stereocenters. The van der Waals surface area contributed by atoms with Gasteiger partial charge in [0, 0.05) is 5.92 Å². The van der Waals surface area contributed by atoms with E-state index in [2.05, 4.69) is 41.0 Å². The van der Waals surface area contributed by atoms with Crippen LogP contribution in [0.5, 0.6) is 11.5 Å². The first-order valence-electron chi connectivity index (χ1n) is 18.9. The van der Waals surface area contributed by atoms with Crippen molar-refractivity contribution in [2.24, 2.45) is 5.92 Å². The number of aromatic nitrogens is 4. The minimum atomic E-state index is -3.44. The number of amides is 1. The number of nitrogens with one attached hydrogen (secondary N) is 2. The summed E-state index contributed by atoms with van der Waals surface area (Å²) in [6, 6.07) is 24.9. The summed E-state index contributed by atoms with van der Waals surface area (Å²) in [7, 11) is -2.94. The van der Waals surface area contributed by atoms with E-state index in [0.717, 1.165) is 16.7 Å². The zero-order valence-corrected chi connectivity index (χ0v) is 35.9. The Morgan fingerprint density at radius 3 is 2.03 bits per heavy atom. The van der Waals surface area contributed by atoms with E-state index in [1.807, 2.05) is 92.0 Å². The molecule has 6 rings (SSSR count). The highest BCUT2D eigenvalue weighted by Gasteiger charge is 2.55. The van der Waals surface area contributed by atoms with E-state index in [-0.39, 0.29) is 34.7 Å². The van der Waals surface area contributed by atoms with Crippen molar-refractivity contribution in [3.05, 3.63) is 112 Å². The van der Waals surface area contributed by atoms with Crippen molar-refractivity contribution in [1.29, 1.82) is 0 Å². The standard InChI is InChI=1S/C41H50N5O10PSi/c1-25(2)36(47)44-39-43-35-32(37(48)45-39)42-24-46(35)38-34(55-57(49)50)33(56-58(8,9)40(3,4)5)31(54-38)23-53-41(26-13-11-10-12-14-26,27-15-19-29(51-6)20-16-27)28-17-21-30(52-7)22-18-28/h10-22,24-25,31,33-34,38H,23H2,1-9H3,(H2,43,44,45,47,48)/t31-,33-,34+,38-/m1/s1. The van der Waals surface area contributed by atoms with E-state index in [9.17, 15) is 19.0 Å². The molecule has 1 aliphatic heterocycles. The molecule has 2 N–H and O–H groups in total. The van der Waals surface area contributed by atoms with Crippen LogP contribution in [0.3, 0.4) is 0 Å². The van der Waals surface area contributed by atoms with E-state index in [0.29, 0.717) is 11.5 Å². The molecule has 1 amide bonds. The molecule has 308 valence electrons. The molecule has 58 heavy (non-hydrogen) atoms. The maximum atomic E-state index is 13.2. The number of rotatable bonds is 15. The second kappa shape index (κ2) is 17.2. The lowest BCUT2D eigenvalue weighted by molar-refractivity contribution is -0.194. The molecule has 1 saturated heterocycles. The molecule has 0 bridgehead atoms. The smallest absolute Gasteiger partial charge is 0.489 e. The van der Waals surface area contributed by atoms with Gasteiger partial charge in [0.15, 0.2) is 31.8 Å². The van der Waals surface area contributed by atoms with Gasteiger partial charge in [0.05, 0.1) is 27.2 Å². The summed E-state index contributed by atoms with van der Waals surface area (Å²) >= 11 is 0. The fourth-order valence-electron chi connectivity index (χ4n) is 6.65. The van der Waals surface area contributed by atoms with Gasteiger partial charge in [-0.05, 0) is 63.7 Å². The lowest BCUT2D eigenvalue weighted by atomic mass is 9.80. The molecular weight excluding hydrogens is 782 g/mol. The summed E-state index contributed by atoms with van der Waals surface area (Å²) in [6.45, 7) is 13.6. The summed E-state index contributed by atoms with van der Waals surface area (Å²) in [5.74, 6) is 0.436. The number of H-pyrrole nitrogens is 1. The minimum Gasteiger partial charge on any atom is -0.566 e. The monoisotopic (exact) mass is 831 g/mol. The molecule has 3 heterocycles. The largest absolute Gasteiger partial charge is 0.566 e. The van der Waals surface area contributed by atoms with E-state index >= 15 is 0 Å². The summed E-state index contributed by atoms with van der Waals surface area (Å²) in [5.41, 5.74) is 0.465. The Hall–Kier alpha value is -4.80. The Labute approximate surface area is 339 Å². The average molecular weight is 832 g/mol. The van der Waals surface area contributed by atoms with Gasteiger partial charge in [-0.2, -0.15) is 4.98 Å². The number of methoxy groups -OCH3 is 2. The average Bonchev–Trinajstić information content (AvgIpc) is 3.76. The van der Waals surface area contributed by atoms with Crippen molar-refractivity contribution in [1.82, 2.24) is 19.5 Å². The van der Waals surface area contributed by atoms with Gasteiger partial charge in [-0.3, -0.25) is 24.5 Å². The number of nitrogens with zero attached hydrogens (tertiary/aromatic N) is 3. The SMILES string of the molecule is COc1ccc(C(OC[C@H]2O[C@@H](n3cnc4c(=O)[nH]c(NC(=O)C(C)C)nc43)[C@@H](O[P+](=O)[O-])[C@@H]2O[Si](C)(C)C(C)(C)C)(c2ccccc2)c2ccc(OC)cc2)cc1. The molecule has 0 aliphatic carbocycles. The maximum absolute atomic E-state index is 13.2. The van der Waals surface area contributed by atoms with Gasteiger partial charge in [-0.1, -0.05) is 89.2 Å². The Bertz CT molecular complexity index is 2230. The highest BCUT2D eigenvalue weighted by Crippen LogP contribution is 2.46. The molecule has 0 spiro atoms. The van der Waals surface area contributed by atoms with Crippen molar-refractivity contribution in [3.8, 4) is 11.5 Å². The van der Waals surface area contributed by atoms with Crippen LogP contribution in [0.2, 0.25) is 18.1 Å². The van der Waals surface area contributed by atoms with Crippen molar-refractivity contribution in [2.45, 2.75) is 82.9 Å². The Balaban J connectivity index is 1.51. The Kier molecular flexibility index (Phi) is 12.7. The maximum Gasteiger partial charge on any atom is 0.489 e. The first-order valence-corrected chi connectivity index (χ1v) is 22.9. The first kappa shape index (κ1) is 42.8. The van der Waals surface area contributed by atoms with E-state index in [4.69, 9.17) is 27.9 Å². The molecular formula is C41H50N5O10PSi. The third kappa shape index (κ3) is 8.64. The van der Waals surface area contributed by atoms with E-state index in [1.54, 1.807) is 28.1 Å². The van der Waals surface area contributed by atoms with Crippen LogP contribution in [0.15, 0.2) is 90.0 Å². The van der Waals surface area contributed by atoms with Gasteiger partial charge in [0.25, 0.3) is 5.56 Å². The topological polar surface area (TPSA) is 188 Å². The molecule has 17 heteroatoms. The van der Waals surface area contributed by atoms with Gasteiger partial charge in [-0.25, -0.2) is 4.98 Å². The highest BCUT2D eigenvalue weighted by molar-refractivity contribution is 7.30. The highest BCUT2D eigenvalue weighted by atomic mass is 31.1. The van der Waals surface area contributed by atoms with Crippen LogP contribution in [0.4, 0.5) is 5.95 Å². The number of imidazole rings is 1. The third-order valence-electron chi connectivity index (χ3n) is 10.8. The Morgan fingerprint density at radius 1 is 0.948 bits per heavy atom. The number of aromatic amines is 1. The number of carbonyl (C=O) groups is 1. The number of ether oxygens (including phenoxy) is 4. The van der Waals surface area contributed by atoms with Crippen LogP contribution in [-0.4, -0.2) is 72.9 Å². The summed E-state index contributed by atoms with van der Waals surface area (Å²) < 4.78 is 51.8. The lowest BCUT2D eigenvalue weighted by Crippen LogP contribution is -2.50. The number of hydrogen-bond donors (Lipinski definition) is 2. The summed E-state index contributed by atoms with van der Waals surface area (Å²) in [4.78, 5) is 49.7. The molecule has 0 radical (unpaired) electrons. The fourth-order valence-corrected chi connectivity index (χ4v) is 8.39. The molecule has 5 atom stereocenters. The molecule has 15 nitrogen and oxygen atoms in total. The van der Waals surface area contributed by atoms with Crippen LogP contribution in [-0.2, 0) is 33.4 Å². The molecule has 0 saturated carbocycles. The van der Waals surface area contributed by atoms with Crippen LogP contribution in [0, 0.1) is 5.92 Å². The zero-order chi connectivity index (χ0) is 42.0. The second-order valence-electron chi connectivity index (χ2n) is 15.9. The van der Waals surface area contributed by atoms with Crippen molar-refractivity contribution in [3.63, 3.8) is 0 Å². The second-order valence-corrected chi connectivity index (χ2v) is 21.3. The number of anilines is 1. The van der Waals surface area contributed by atoms with Crippen LogP contribution in [0.25, 0.3) is 11.2 Å². The van der Waals surface area contributed by atoms with Crippen LogP contribution >= 0.6 is 8.25 Å². The van der Waals surface area contributed by atoms with Gasteiger partial charge >= 0.3 is 8.25 Å². The number of carbonyl (C=O) groups excluding carboxylic acids is 1. The lowest BCUT2D eigenvalue weighted by Gasteiger charge is -2.41. The predicted molar refractivity (Wildman–Crippen MR) is 218 cm³/mol. The number of benzene rings is 3. The van der Waals surface area contributed by atoms with E-state index in [1.165, 1.54) is 10.9 Å². The van der Waals surface area contributed by atoms with Gasteiger partial charge in [-0.15, -0.1) is 4.52 Å². The third-order valence-corrected chi connectivity index (χ3v) is 15.7. The van der Waals surface area contributed by atoms with Crippen molar-refractivity contribution in [2.75, 3.05) is 26.1 Å². The Morgan fingerprint density at radius 2 is 1.52 bits per heavy atom. The summed E-state index contributed by atoms with van der Waals surface area (Å²) in [6.07, 6.45) is -3.12. The number of hydrogen-bond acceptors (Lipinski definition) is 12. The zero-order valence-electron chi connectivity index (χ0n) is 34.0. The molecule has 2 aromatic heterocycles. The molecule has 1 fully saturated rings. The normalized spacial score (nSPS) is 19.1. The van der Waals surface area contributed by atoms with Crippen LogP contribution in [0.1, 0.15) is 57.5 Å².